The van der Waals surface area contributed by atoms with Crippen molar-refractivity contribution >= 4 is 16.9 Å². The van der Waals surface area contributed by atoms with E-state index in [0.29, 0.717) is 17.8 Å². The molecule has 6 atom stereocenters. The van der Waals surface area contributed by atoms with E-state index in [1.165, 1.54) is 10.9 Å². The van der Waals surface area contributed by atoms with E-state index in [2.05, 4.69) is 35.9 Å². The molecule has 0 radical (unpaired) electrons. The summed E-state index contributed by atoms with van der Waals surface area (Å²) >= 11 is 0. The number of H-pyrrole nitrogens is 1. The summed E-state index contributed by atoms with van der Waals surface area (Å²) in [4.78, 5) is 19.8. The highest BCUT2D eigenvalue weighted by Gasteiger charge is 2.64. The molecule has 4 bridgehead atoms. The summed E-state index contributed by atoms with van der Waals surface area (Å²) in [5.74, 6) is 2.48. The van der Waals surface area contributed by atoms with Crippen molar-refractivity contribution in [3.63, 3.8) is 0 Å². The number of benzene rings is 1. The molecule has 1 saturated carbocycles. The van der Waals surface area contributed by atoms with Crippen molar-refractivity contribution in [1.82, 2.24) is 9.88 Å². The smallest absolute Gasteiger partial charge is 0.319 e. The van der Waals surface area contributed by atoms with Crippen LogP contribution in [0, 0.1) is 17.8 Å². The molecule has 3 aliphatic heterocycles. The molecule has 0 amide bonds. The summed E-state index contributed by atoms with van der Waals surface area (Å²) in [7, 11) is 3.25. The predicted octanol–water partition coefficient (Wildman–Crippen LogP) is 3.51. The topological polar surface area (TPSA) is 54.6 Å². The van der Waals surface area contributed by atoms with E-state index in [4.69, 9.17) is 9.47 Å². The monoisotopic (exact) mass is 382 g/mol. The number of carbonyl (C=O) groups is 1. The molecule has 1 N–H and O–H groups in total. The fraction of sp³-hybridized carbons (Fsp3) is 0.609. The van der Waals surface area contributed by atoms with Gasteiger partial charge in [0.1, 0.15) is 11.2 Å². The number of carbonyl (C=O) groups excluding carboxylic acids is 1. The zero-order valence-corrected chi connectivity index (χ0v) is 17.2. The molecule has 2 aromatic rings. The highest BCUT2D eigenvalue weighted by atomic mass is 16.5. The van der Waals surface area contributed by atoms with E-state index < -0.39 is 5.41 Å². The van der Waals surface area contributed by atoms with Crippen molar-refractivity contribution in [2.24, 2.45) is 17.8 Å². The van der Waals surface area contributed by atoms with Crippen LogP contribution in [0.2, 0.25) is 0 Å². The van der Waals surface area contributed by atoms with Gasteiger partial charge in [0.15, 0.2) is 0 Å². The van der Waals surface area contributed by atoms with Crippen molar-refractivity contribution in [2.45, 2.75) is 44.6 Å². The van der Waals surface area contributed by atoms with Crippen molar-refractivity contribution in [3.8, 4) is 5.75 Å². The normalized spacial score (nSPS) is 36.1. The number of fused-ring (bicyclic) bond motifs is 4. The third-order valence-electron chi connectivity index (χ3n) is 8.01. The van der Waals surface area contributed by atoms with Gasteiger partial charge in [-0.2, -0.15) is 0 Å². The highest BCUT2D eigenvalue weighted by molar-refractivity contribution is 5.92. The molecule has 5 nitrogen and oxygen atoms in total. The predicted molar refractivity (Wildman–Crippen MR) is 109 cm³/mol. The number of nitrogens with zero attached hydrogens (tertiary/aromatic N) is 1. The molecule has 1 aliphatic carbocycles. The van der Waals surface area contributed by atoms with Gasteiger partial charge in [0, 0.05) is 35.7 Å². The number of methoxy groups -OCH3 is 2. The van der Waals surface area contributed by atoms with Crippen LogP contribution in [0.15, 0.2) is 18.2 Å². The summed E-state index contributed by atoms with van der Waals surface area (Å²) in [5.41, 5.74) is 2.87. The number of piperidine rings is 2. The molecule has 28 heavy (non-hydrogen) atoms. The Morgan fingerprint density at radius 2 is 2.18 bits per heavy atom. The quantitative estimate of drug-likeness (QED) is 0.826. The molecular weight excluding hydrogens is 352 g/mol. The average Bonchev–Trinajstić information content (AvgIpc) is 3.06. The number of esters is 1. The second-order valence-electron chi connectivity index (χ2n) is 8.94. The van der Waals surface area contributed by atoms with E-state index in [0.717, 1.165) is 49.3 Å². The maximum atomic E-state index is 13.5. The first-order chi connectivity index (χ1) is 13.5. The van der Waals surface area contributed by atoms with E-state index in [1.54, 1.807) is 14.2 Å². The molecule has 1 aromatic heterocycles. The Bertz CT molecular complexity index is 935. The van der Waals surface area contributed by atoms with E-state index in [-0.39, 0.29) is 12.0 Å². The first-order valence-electron chi connectivity index (χ1n) is 10.6. The summed E-state index contributed by atoms with van der Waals surface area (Å²) in [6.45, 7) is 6.77. The average molecular weight is 383 g/mol. The van der Waals surface area contributed by atoms with Crippen LogP contribution in [0.4, 0.5) is 0 Å². The number of hydrogen-bond acceptors (Lipinski definition) is 4. The number of hydrogen-bond donors (Lipinski definition) is 1. The minimum Gasteiger partial charge on any atom is -0.497 e. The molecule has 150 valence electrons. The lowest BCUT2D eigenvalue weighted by atomic mass is 9.53. The zero-order chi connectivity index (χ0) is 19.6. The molecule has 5 heteroatoms. The van der Waals surface area contributed by atoms with E-state index >= 15 is 0 Å². The molecule has 5 unspecified atom stereocenters. The Morgan fingerprint density at radius 1 is 1.36 bits per heavy atom. The number of aromatic nitrogens is 1. The van der Waals surface area contributed by atoms with Crippen LogP contribution < -0.4 is 4.74 Å². The highest BCUT2D eigenvalue weighted by Crippen LogP contribution is 2.57. The van der Waals surface area contributed by atoms with E-state index in [1.807, 2.05) is 6.07 Å². The lowest BCUT2D eigenvalue weighted by Crippen LogP contribution is -2.69. The van der Waals surface area contributed by atoms with Gasteiger partial charge >= 0.3 is 5.97 Å². The molecule has 6 rings (SSSR count). The molecule has 1 aromatic carbocycles. The van der Waals surface area contributed by atoms with Gasteiger partial charge in [0.05, 0.1) is 14.2 Å². The maximum absolute atomic E-state index is 13.5. The van der Waals surface area contributed by atoms with Gasteiger partial charge in [0.2, 0.25) is 0 Å². The second-order valence-corrected chi connectivity index (χ2v) is 8.94. The van der Waals surface area contributed by atoms with Gasteiger partial charge in [0.25, 0.3) is 0 Å². The fourth-order valence-electron chi connectivity index (χ4n) is 6.76. The Morgan fingerprint density at radius 3 is 2.89 bits per heavy atom. The van der Waals surface area contributed by atoms with Crippen molar-refractivity contribution < 1.29 is 14.3 Å². The lowest BCUT2D eigenvalue weighted by Gasteiger charge is -2.60. The third kappa shape index (κ3) is 2.14. The molecule has 3 fully saturated rings. The van der Waals surface area contributed by atoms with Crippen LogP contribution in [0.1, 0.15) is 37.9 Å². The van der Waals surface area contributed by atoms with Crippen molar-refractivity contribution in [1.29, 1.82) is 0 Å². The van der Waals surface area contributed by atoms with Crippen molar-refractivity contribution in [2.75, 3.05) is 27.3 Å². The van der Waals surface area contributed by atoms with Crippen LogP contribution in [-0.2, 0) is 21.4 Å². The standard InChI is InChI=1S/C23H30N2O3/c1-5-16-13(2)14-11-23(22(26)28-4)20-17(8-9-25(12-14)21(16)23)18-10-15(27-3)6-7-19(18)24-20/h6-7,10,13-14,16,21,24H,5,8-9,11-12H2,1-4H3/t13-,14?,16?,21?,23?/m0/s1. The zero-order valence-electron chi connectivity index (χ0n) is 17.2. The SMILES string of the molecule is CCC1C2N3CCc4c([nH]c5ccc(OC)cc45)C2(C(=O)OC)CC(C3)[C@@H]1C. The number of rotatable bonds is 3. The summed E-state index contributed by atoms with van der Waals surface area (Å²) in [5, 5.41) is 1.18. The Hall–Kier alpha value is -2.01. The first-order valence-corrected chi connectivity index (χ1v) is 10.6. The molecular formula is C23H30N2O3. The number of ether oxygens (including phenoxy) is 2. The maximum Gasteiger partial charge on any atom is 0.319 e. The second kappa shape index (κ2) is 6.24. The lowest BCUT2D eigenvalue weighted by molar-refractivity contribution is -0.167. The van der Waals surface area contributed by atoms with Gasteiger partial charge in [-0.25, -0.2) is 0 Å². The van der Waals surface area contributed by atoms with Crippen LogP contribution in [-0.4, -0.2) is 49.2 Å². The minimum absolute atomic E-state index is 0.0702. The molecule has 2 saturated heterocycles. The van der Waals surface area contributed by atoms with Gasteiger partial charge in [-0.3, -0.25) is 9.69 Å². The first kappa shape index (κ1) is 18.0. The number of aromatic amines is 1. The van der Waals surface area contributed by atoms with Crippen molar-refractivity contribution in [3.05, 3.63) is 29.5 Å². The Labute approximate surface area is 166 Å². The summed E-state index contributed by atoms with van der Waals surface area (Å²) in [6, 6.07) is 6.38. The molecule has 0 spiro atoms. The van der Waals surface area contributed by atoms with Gasteiger partial charge in [-0.15, -0.1) is 0 Å². The van der Waals surface area contributed by atoms with Gasteiger partial charge in [-0.1, -0.05) is 20.3 Å². The van der Waals surface area contributed by atoms with Gasteiger partial charge in [-0.05, 0) is 54.4 Å². The molecule has 4 heterocycles. The Kier molecular flexibility index (Phi) is 4.02. The van der Waals surface area contributed by atoms with Gasteiger partial charge < -0.3 is 14.5 Å². The summed E-state index contributed by atoms with van der Waals surface area (Å²) < 4.78 is 11.0. The number of nitrogens with one attached hydrogen (secondary N) is 1. The third-order valence-corrected chi connectivity index (χ3v) is 8.01. The van der Waals surface area contributed by atoms with Crippen LogP contribution in [0.5, 0.6) is 5.75 Å². The largest absolute Gasteiger partial charge is 0.497 e. The molecule has 4 aliphatic rings. The van der Waals surface area contributed by atoms with Crippen LogP contribution >= 0.6 is 0 Å². The minimum atomic E-state index is -0.594. The van der Waals surface area contributed by atoms with Crippen LogP contribution in [0.25, 0.3) is 10.9 Å². The van der Waals surface area contributed by atoms with E-state index in [9.17, 15) is 4.79 Å². The summed E-state index contributed by atoms with van der Waals surface area (Å²) in [6.07, 6.45) is 2.94. The van der Waals surface area contributed by atoms with Crippen LogP contribution in [0.3, 0.4) is 0 Å². The fourth-order valence-corrected chi connectivity index (χ4v) is 6.76. The Balaban J connectivity index is 1.79.